The molecular formula is C28H26O2S. The topological polar surface area (TPSA) is 26.3 Å². The summed E-state index contributed by atoms with van der Waals surface area (Å²) in [5.41, 5.74) is 1.76. The van der Waals surface area contributed by atoms with E-state index in [2.05, 4.69) is 74.5 Å². The molecule has 0 atom stereocenters. The first-order chi connectivity index (χ1) is 15.1. The van der Waals surface area contributed by atoms with Gasteiger partial charge >= 0.3 is 5.97 Å². The Hall–Kier alpha value is -3.30. The van der Waals surface area contributed by atoms with Crippen molar-refractivity contribution in [1.29, 1.82) is 0 Å². The molecule has 0 saturated heterocycles. The molecule has 0 radical (unpaired) electrons. The van der Waals surface area contributed by atoms with E-state index in [-0.39, 0.29) is 5.97 Å². The first kappa shape index (κ1) is 21.0. The minimum absolute atomic E-state index is 0.337. The number of benzene rings is 4. The third-order valence-electron chi connectivity index (χ3n) is 5.15. The van der Waals surface area contributed by atoms with Gasteiger partial charge in [0.25, 0.3) is 0 Å². The molecule has 3 heteroatoms. The van der Waals surface area contributed by atoms with E-state index in [1.54, 1.807) is 0 Å². The fourth-order valence-electron chi connectivity index (χ4n) is 3.43. The first-order valence-electron chi connectivity index (χ1n) is 10.4. The molecule has 4 rings (SSSR count). The molecule has 0 fully saturated rings. The van der Waals surface area contributed by atoms with E-state index in [4.69, 9.17) is 4.74 Å². The molecule has 4 aromatic carbocycles. The van der Waals surface area contributed by atoms with Crippen molar-refractivity contribution in [2.75, 3.05) is 0 Å². The lowest BCUT2D eigenvalue weighted by Crippen LogP contribution is -2.08. The van der Waals surface area contributed by atoms with Crippen LogP contribution in [0.3, 0.4) is 0 Å². The van der Waals surface area contributed by atoms with Crippen LogP contribution in [0.15, 0.2) is 124 Å². The normalized spacial score (nSPS) is 11.3. The largest absolute Gasteiger partial charge is 0.423 e. The number of thiol groups is 1. The fourth-order valence-corrected chi connectivity index (χ4v) is 5.72. The summed E-state index contributed by atoms with van der Waals surface area (Å²) < 4.78 is 5.62. The molecule has 0 spiro atoms. The summed E-state index contributed by atoms with van der Waals surface area (Å²) in [5, 5.41) is 0. The molecule has 2 nitrogen and oxygen atoms in total. The summed E-state index contributed by atoms with van der Waals surface area (Å²) in [6.07, 6.45) is 0. The van der Waals surface area contributed by atoms with Crippen LogP contribution < -0.4 is 4.74 Å². The Balaban J connectivity index is 1.55. The first-order valence-corrected chi connectivity index (χ1v) is 11.8. The number of hydrogen-bond donors (Lipinski definition) is 1. The Labute approximate surface area is 186 Å². The van der Waals surface area contributed by atoms with Crippen molar-refractivity contribution in [3.8, 4) is 5.75 Å². The third-order valence-corrected chi connectivity index (χ3v) is 7.59. The highest BCUT2D eigenvalue weighted by atomic mass is 32.2. The van der Waals surface area contributed by atoms with Crippen LogP contribution in [-0.4, -0.2) is 5.97 Å². The maximum absolute atomic E-state index is 12.5. The third kappa shape index (κ3) is 5.07. The molecule has 0 aliphatic rings. The van der Waals surface area contributed by atoms with E-state index in [1.165, 1.54) is 20.2 Å². The Morgan fingerprint density at radius 2 is 1.13 bits per heavy atom. The van der Waals surface area contributed by atoms with Gasteiger partial charge in [-0.1, -0.05) is 62.4 Å². The van der Waals surface area contributed by atoms with Crippen LogP contribution in [-0.2, 0) is 0 Å². The van der Waals surface area contributed by atoms with Gasteiger partial charge in [-0.15, -0.1) is 0 Å². The minimum atomic E-state index is -0.673. The standard InChI is InChI=1S/C28H26O2S/c1-21(2)22-13-15-23(16-14-22)28(29)30-24-17-19-27(20-18-24)31(25-9-5-3-6-10-25)26-11-7-4-8-12-26/h3-21,31H,1-2H3. The van der Waals surface area contributed by atoms with Crippen molar-refractivity contribution in [3.05, 3.63) is 120 Å². The van der Waals surface area contributed by atoms with E-state index < -0.39 is 10.9 Å². The van der Waals surface area contributed by atoms with Crippen molar-refractivity contribution < 1.29 is 9.53 Å². The van der Waals surface area contributed by atoms with Gasteiger partial charge in [-0.2, -0.15) is 10.9 Å². The van der Waals surface area contributed by atoms with Gasteiger partial charge in [-0.3, -0.25) is 0 Å². The summed E-state index contributed by atoms with van der Waals surface area (Å²) in [7, 11) is -0.673. The van der Waals surface area contributed by atoms with Crippen molar-refractivity contribution in [2.45, 2.75) is 34.5 Å². The van der Waals surface area contributed by atoms with Crippen LogP contribution >= 0.6 is 10.9 Å². The average molecular weight is 427 g/mol. The van der Waals surface area contributed by atoms with Crippen molar-refractivity contribution in [3.63, 3.8) is 0 Å². The molecule has 0 heterocycles. The predicted molar refractivity (Wildman–Crippen MR) is 129 cm³/mol. The van der Waals surface area contributed by atoms with Crippen molar-refractivity contribution >= 4 is 16.9 Å². The Bertz CT molecular complexity index is 1080. The van der Waals surface area contributed by atoms with E-state index in [9.17, 15) is 4.79 Å². The van der Waals surface area contributed by atoms with Crippen LogP contribution in [0, 0.1) is 0 Å². The van der Waals surface area contributed by atoms with E-state index >= 15 is 0 Å². The molecule has 4 aromatic rings. The lowest BCUT2D eigenvalue weighted by molar-refractivity contribution is 0.0734. The van der Waals surface area contributed by atoms with Crippen LogP contribution in [0.5, 0.6) is 5.75 Å². The summed E-state index contributed by atoms with van der Waals surface area (Å²) in [6, 6.07) is 36.6. The van der Waals surface area contributed by atoms with Gasteiger partial charge in [-0.05, 0) is 86.8 Å². The zero-order chi connectivity index (χ0) is 21.6. The highest BCUT2D eigenvalue weighted by molar-refractivity contribution is 8.17. The van der Waals surface area contributed by atoms with Gasteiger partial charge < -0.3 is 4.74 Å². The molecular weight excluding hydrogens is 400 g/mol. The van der Waals surface area contributed by atoms with Crippen LogP contribution in [0.25, 0.3) is 0 Å². The fraction of sp³-hybridized carbons (Fsp3) is 0.107. The van der Waals surface area contributed by atoms with Gasteiger partial charge in [0.05, 0.1) is 5.56 Å². The molecule has 0 saturated carbocycles. The highest BCUT2D eigenvalue weighted by Gasteiger charge is 2.14. The lowest BCUT2D eigenvalue weighted by Gasteiger charge is -2.23. The molecule has 0 aliphatic carbocycles. The molecule has 0 aliphatic heterocycles. The maximum atomic E-state index is 12.5. The van der Waals surface area contributed by atoms with Gasteiger partial charge in [0, 0.05) is 0 Å². The molecule has 0 aromatic heterocycles. The van der Waals surface area contributed by atoms with Crippen LogP contribution in [0.1, 0.15) is 35.7 Å². The van der Waals surface area contributed by atoms with Crippen molar-refractivity contribution in [1.82, 2.24) is 0 Å². The number of ether oxygens (including phenoxy) is 1. The Morgan fingerprint density at radius 1 is 0.645 bits per heavy atom. The van der Waals surface area contributed by atoms with Gasteiger partial charge in [0.2, 0.25) is 0 Å². The molecule has 0 N–H and O–H groups in total. The van der Waals surface area contributed by atoms with E-state index in [1.807, 2.05) is 48.5 Å². The average Bonchev–Trinajstić information content (AvgIpc) is 2.82. The second-order valence-corrected chi connectivity index (χ2v) is 9.89. The second-order valence-electron chi connectivity index (χ2n) is 7.67. The molecule has 0 unspecified atom stereocenters. The summed E-state index contributed by atoms with van der Waals surface area (Å²) in [5.74, 6) is 0.649. The molecule has 31 heavy (non-hydrogen) atoms. The maximum Gasteiger partial charge on any atom is 0.343 e. The number of rotatable bonds is 6. The van der Waals surface area contributed by atoms with E-state index in [0.717, 1.165) is 0 Å². The number of carbonyl (C=O) groups excluding carboxylic acids is 1. The predicted octanol–water partition coefficient (Wildman–Crippen LogP) is 7.51. The Kier molecular flexibility index (Phi) is 6.54. The van der Waals surface area contributed by atoms with E-state index in [0.29, 0.717) is 17.2 Å². The SMILES string of the molecule is CC(C)c1ccc(C(=O)Oc2ccc([SH](c3ccccc3)c3ccccc3)cc2)cc1. The van der Waals surface area contributed by atoms with Gasteiger partial charge in [-0.25, -0.2) is 4.79 Å². The minimum Gasteiger partial charge on any atom is -0.423 e. The highest BCUT2D eigenvalue weighted by Crippen LogP contribution is 2.51. The summed E-state index contributed by atoms with van der Waals surface area (Å²) in [4.78, 5) is 16.3. The molecule has 156 valence electrons. The lowest BCUT2D eigenvalue weighted by atomic mass is 10.0. The summed E-state index contributed by atoms with van der Waals surface area (Å²) >= 11 is 0. The smallest absolute Gasteiger partial charge is 0.343 e. The second kappa shape index (κ2) is 9.67. The monoisotopic (exact) mass is 426 g/mol. The summed E-state index contributed by atoms with van der Waals surface area (Å²) in [6.45, 7) is 4.27. The Morgan fingerprint density at radius 3 is 1.61 bits per heavy atom. The zero-order valence-electron chi connectivity index (χ0n) is 17.7. The zero-order valence-corrected chi connectivity index (χ0v) is 18.6. The van der Waals surface area contributed by atoms with Crippen LogP contribution in [0.2, 0.25) is 0 Å². The number of hydrogen-bond acceptors (Lipinski definition) is 2. The van der Waals surface area contributed by atoms with Crippen LogP contribution in [0.4, 0.5) is 0 Å². The number of carbonyl (C=O) groups is 1. The van der Waals surface area contributed by atoms with Crippen molar-refractivity contribution in [2.24, 2.45) is 0 Å². The molecule has 0 amide bonds. The quantitative estimate of drug-likeness (QED) is 0.196. The van der Waals surface area contributed by atoms with Gasteiger partial charge in [0.1, 0.15) is 5.75 Å². The molecule has 0 bridgehead atoms. The number of esters is 1. The van der Waals surface area contributed by atoms with Gasteiger partial charge in [0.15, 0.2) is 0 Å².